The van der Waals surface area contributed by atoms with Gasteiger partial charge in [0.1, 0.15) is 6.10 Å². The molecule has 284 valence electrons. The number of ketones is 1. The van der Waals surface area contributed by atoms with Crippen LogP contribution in [0.1, 0.15) is 66.2 Å². The minimum absolute atomic E-state index is 0.00410. The number of dihydropyridines is 1. The van der Waals surface area contributed by atoms with E-state index in [9.17, 15) is 40.5 Å². The van der Waals surface area contributed by atoms with Crippen molar-refractivity contribution < 1.29 is 45.3 Å². The van der Waals surface area contributed by atoms with Crippen LogP contribution in [0, 0.1) is 52.3 Å². The van der Waals surface area contributed by atoms with Gasteiger partial charge < -0.3 is 56.8 Å². The van der Waals surface area contributed by atoms with Gasteiger partial charge in [0.15, 0.2) is 5.78 Å². The molecule has 17 atom stereocenters. The van der Waals surface area contributed by atoms with Crippen LogP contribution in [0.3, 0.4) is 0 Å². The van der Waals surface area contributed by atoms with Crippen LogP contribution in [0.25, 0.3) is 0 Å². The lowest BCUT2D eigenvalue weighted by Gasteiger charge is -2.64. The maximum atomic E-state index is 15.0. The van der Waals surface area contributed by atoms with Crippen LogP contribution in [-0.4, -0.2) is 109 Å². The summed E-state index contributed by atoms with van der Waals surface area (Å²) in [4.78, 5) is 15.0. The summed E-state index contributed by atoms with van der Waals surface area (Å²) >= 11 is 0. The highest BCUT2D eigenvalue weighted by Crippen LogP contribution is 2.72. The summed E-state index contributed by atoms with van der Waals surface area (Å²) in [6, 6.07) is 0. The van der Waals surface area contributed by atoms with Crippen LogP contribution in [-0.2, 0) is 9.53 Å². The van der Waals surface area contributed by atoms with Gasteiger partial charge in [-0.2, -0.15) is 0 Å². The molecule has 1 unspecified atom stereocenters. The highest BCUT2D eigenvalue weighted by atomic mass is 16.5. The van der Waals surface area contributed by atoms with E-state index in [1.807, 2.05) is 32.2 Å². The first kappa shape index (κ1) is 37.2. The standard InChI is InChI=1S/C39H59N3O9/c1-19-18-51-34(24(19)17-43)35(48)37(4,49)28-9-10-39(50)31-30-22(12-36(28,39)3)6-5-21(23-7-8-29(40)41-16-23)13-38(30)14-27(46)26(45)11-25(38)33(47)32(31)42-15-20(2)44/h5-8,16,19-22,24-30,34-35,41-46,48-50H,9-15,17-18,40H2,1-4H3/t19-,20+,21+,22-,24+,25+,26-,27+,28+,29?,30+,34-,35-,36-,37-,38+,39-/m1/s1. The number of rotatable bonds is 8. The van der Waals surface area contributed by atoms with Crippen molar-refractivity contribution in [2.24, 2.45) is 58.0 Å². The molecule has 7 rings (SSSR count). The molecule has 2 aliphatic heterocycles. The number of hydrogen-bond donors (Lipinski definition) is 10. The molecule has 11 N–H and O–H groups in total. The van der Waals surface area contributed by atoms with Crippen molar-refractivity contribution in [1.82, 2.24) is 10.6 Å². The first-order chi connectivity index (χ1) is 24.0. The fourth-order valence-corrected chi connectivity index (χ4v) is 12.1. The number of allylic oxidation sites excluding steroid dienone is 5. The summed E-state index contributed by atoms with van der Waals surface area (Å²) in [6.07, 6.45) is 6.48. The summed E-state index contributed by atoms with van der Waals surface area (Å²) in [5.41, 5.74) is 2.69. The van der Waals surface area contributed by atoms with Crippen molar-refractivity contribution in [1.29, 1.82) is 0 Å². The number of nitrogens with two attached hydrogens (primary N) is 1. The number of aliphatic hydroxyl groups excluding tert-OH is 5. The Morgan fingerprint density at radius 2 is 1.90 bits per heavy atom. The topological polar surface area (TPSA) is 218 Å². The Morgan fingerprint density at radius 1 is 1.16 bits per heavy atom. The van der Waals surface area contributed by atoms with E-state index in [0.717, 1.165) is 5.57 Å². The third-order valence-corrected chi connectivity index (χ3v) is 14.7. The first-order valence-corrected chi connectivity index (χ1v) is 19.0. The second-order valence-corrected chi connectivity index (χ2v) is 17.6. The van der Waals surface area contributed by atoms with Crippen molar-refractivity contribution in [2.75, 3.05) is 19.8 Å². The molecule has 0 amide bonds. The van der Waals surface area contributed by atoms with E-state index in [1.165, 1.54) is 0 Å². The van der Waals surface area contributed by atoms with Crippen LogP contribution in [0.2, 0.25) is 0 Å². The second-order valence-electron chi connectivity index (χ2n) is 17.6. The van der Waals surface area contributed by atoms with Gasteiger partial charge in [-0.25, -0.2) is 0 Å². The summed E-state index contributed by atoms with van der Waals surface area (Å²) in [5.74, 6) is -2.67. The van der Waals surface area contributed by atoms with Crippen LogP contribution < -0.4 is 16.4 Å². The zero-order valence-electron chi connectivity index (χ0n) is 30.3. The number of aliphatic hydroxyl groups is 7. The lowest BCUT2D eigenvalue weighted by molar-refractivity contribution is -0.202. The van der Waals surface area contributed by atoms with E-state index >= 15 is 0 Å². The van der Waals surface area contributed by atoms with E-state index in [-0.39, 0.29) is 73.7 Å². The predicted molar refractivity (Wildman–Crippen MR) is 188 cm³/mol. The molecular formula is C39H59N3O9. The Morgan fingerprint density at radius 3 is 2.57 bits per heavy atom. The SMILES string of the molecule is C[C@H](O)CNC1=C2[C@@H]3[C@H](C=C[C@H](C4=CNC(N)C=C4)C[C@@]34C[C@H](O)[C@H](O)C[C@H]4C1=O)C[C@]1(C)[C@@H]([C@@](C)(O)[C@H](O)[C@@H]3OC[C@@H](C)[C@@H]3CO)CC[C@@]21O. The van der Waals surface area contributed by atoms with E-state index in [1.54, 1.807) is 13.8 Å². The van der Waals surface area contributed by atoms with Gasteiger partial charge in [-0.15, -0.1) is 0 Å². The zero-order chi connectivity index (χ0) is 36.8. The van der Waals surface area contributed by atoms with E-state index in [0.29, 0.717) is 31.4 Å². The molecule has 4 fully saturated rings. The summed E-state index contributed by atoms with van der Waals surface area (Å²) in [6.45, 7) is 7.38. The normalized spacial score (nSPS) is 48.4. The lowest BCUT2D eigenvalue weighted by Crippen LogP contribution is -2.67. The second kappa shape index (κ2) is 13.0. The Labute approximate surface area is 300 Å². The number of carbonyl (C=O) groups is 1. The molecule has 0 radical (unpaired) electrons. The molecule has 7 aliphatic rings. The van der Waals surface area contributed by atoms with E-state index in [2.05, 4.69) is 22.8 Å². The summed E-state index contributed by atoms with van der Waals surface area (Å²) < 4.78 is 5.98. The molecule has 2 heterocycles. The smallest absolute Gasteiger partial charge is 0.182 e. The monoisotopic (exact) mass is 713 g/mol. The first-order valence-electron chi connectivity index (χ1n) is 19.0. The minimum atomic E-state index is -1.73. The third kappa shape index (κ3) is 5.54. The van der Waals surface area contributed by atoms with Gasteiger partial charge in [-0.05, 0) is 98.7 Å². The molecule has 0 aromatic rings. The molecule has 12 nitrogen and oxygen atoms in total. The van der Waals surface area contributed by atoms with Gasteiger partial charge in [0, 0.05) is 42.5 Å². The Hall–Kier alpha value is -2.13. The van der Waals surface area contributed by atoms with Crippen LogP contribution in [0.4, 0.5) is 0 Å². The lowest BCUT2D eigenvalue weighted by atomic mass is 9.41. The fourth-order valence-electron chi connectivity index (χ4n) is 12.1. The Balaban J connectivity index is 1.39. The Kier molecular flexibility index (Phi) is 9.50. The molecule has 1 saturated heterocycles. The highest BCUT2D eigenvalue weighted by molar-refractivity contribution is 6.00. The predicted octanol–water partition coefficient (Wildman–Crippen LogP) is 0.355. The van der Waals surface area contributed by atoms with Crippen molar-refractivity contribution in [3.8, 4) is 0 Å². The number of fused-ring (bicyclic) bond motifs is 2. The molecular weight excluding hydrogens is 654 g/mol. The van der Waals surface area contributed by atoms with E-state index < -0.39 is 70.3 Å². The van der Waals surface area contributed by atoms with Gasteiger partial charge >= 0.3 is 0 Å². The van der Waals surface area contributed by atoms with Gasteiger partial charge in [-0.3, -0.25) is 4.79 Å². The Bertz CT molecular complexity index is 1510. The van der Waals surface area contributed by atoms with Crippen molar-refractivity contribution in [3.63, 3.8) is 0 Å². The van der Waals surface area contributed by atoms with Crippen LogP contribution >= 0.6 is 0 Å². The van der Waals surface area contributed by atoms with Crippen molar-refractivity contribution in [2.45, 2.75) is 114 Å². The molecule has 3 saturated carbocycles. The molecule has 0 aromatic heterocycles. The average molecular weight is 714 g/mol. The number of nitrogens with one attached hydrogen (secondary N) is 2. The zero-order valence-corrected chi connectivity index (χ0v) is 30.3. The average Bonchev–Trinajstić information content (AvgIpc) is 3.53. The molecule has 0 bridgehead atoms. The quantitative estimate of drug-likeness (QED) is 0.154. The number of ether oxygens (including phenoxy) is 1. The molecule has 0 aromatic carbocycles. The maximum Gasteiger partial charge on any atom is 0.182 e. The molecule has 51 heavy (non-hydrogen) atoms. The van der Waals surface area contributed by atoms with Gasteiger partial charge in [-0.1, -0.05) is 32.1 Å². The molecule has 5 aliphatic carbocycles. The fraction of sp³-hybridized carbons (Fsp3) is 0.769. The summed E-state index contributed by atoms with van der Waals surface area (Å²) in [5, 5.41) is 87.1. The third-order valence-electron chi connectivity index (χ3n) is 14.7. The largest absolute Gasteiger partial charge is 0.396 e. The van der Waals surface area contributed by atoms with Crippen LogP contribution in [0.5, 0.6) is 0 Å². The minimum Gasteiger partial charge on any atom is -0.396 e. The van der Waals surface area contributed by atoms with Crippen molar-refractivity contribution in [3.05, 3.63) is 47.3 Å². The molecule has 1 spiro atoms. The van der Waals surface area contributed by atoms with E-state index in [4.69, 9.17) is 10.5 Å². The van der Waals surface area contributed by atoms with Gasteiger partial charge in [0.05, 0.1) is 54.1 Å². The van der Waals surface area contributed by atoms with Crippen molar-refractivity contribution >= 4 is 5.78 Å². The number of Topliss-reactive ketones (excluding diaryl/α,β-unsaturated/α-hetero) is 1. The summed E-state index contributed by atoms with van der Waals surface area (Å²) in [7, 11) is 0. The maximum absolute atomic E-state index is 15.0. The van der Waals surface area contributed by atoms with Crippen LogP contribution in [0.15, 0.2) is 47.3 Å². The van der Waals surface area contributed by atoms with Gasteiger partial charge in [0.2, 0.25) is 0 Å². The number of hydrogen-bond acceptors (Lipinski definition) is 12. The number of carbonyl (C=O) groups excluding carboxylic acids is 1. The van der Waals surface area contributed by atoms with Gasteiger partial charge in [0.25, 0.3) is 0 Å². The molecule has 12 heteroatoms. The highest BCUT2D eigenvalue weighted by Gasteiger charge is 2.73.